The van der Waals surface area contributed by atoms with Gasteiger partial charge in [-0.25, -0.2) is 0 Å². The molecule has 0 unspecified atom stereocenters. The fourth-order valence-electron chi connectivity index (χ4n) is 0.767. The average molecular weight is 151 g/mol. The van der Waals surface area contributed by atoms with Crippen molar-refractivity contribution in [1.29, 1.82) is 0 Å². The molecule has 0 bridgehead atoms. The highest BCUT2D eigenvalue weighted by atomic mass is 32.1. The minimum absolute atomic E-state index is 0.655. The van der Waals surface area contributed by atoms with Crippen LogP contribution in [0.15, 0.2) is 22.5 Å². The van der Waals surface area contributed by atoms with Gasteiger partial charge in [-0.3, -0.25) is 4.99 Å². The third kappa shape index (κ3) is 1.45. The van der Waals surface area contributed by atoms with Crippen molar-refractivity contribution in [2.45, 2.75) is 18.9 Å². The van der Waals surface area contributed by atoms with Gasteiger partial charge < -0.3 is 0 Å². The van der Waals surface area contributed by atoms with Crippen LogP contribution >= 0.6 is 11.3 Å². The monoisotopic (exact) mass is 151 g/mol. The summed E-state index contributed by atoms with van der Waals surface area (Å²) in [5.41, 5.74) is 0. The van der Waals surface area contributed by atoms with Crippen molar-refractivity contribution < 1.29 is 0 Å². The van der Waals surface area contributed by atoms with Crippen LogP contribution in [0.1, 0.15) is 17.7 Å². The summed E-state index contributed by atoms with van der Waals surface area (Å²) in [6.07, 6.45) is 4.58. The second-order valence-corrected chi connectivity index (χ2v) is 3.50. The van der Waals surface area contributed by atoms with E-state index >= 15 is 0 Å². The molecule has 0 N–H and O–H groups in total. The van der Waals surface area contributed by atoms with Crippen LogP contribution in [-0.2, 0) is 0 Å². The molecule has 1 saturated carbocycles. The largest absolute Gasteiger partial charge is 0.288 e. The minimum atomic E-state index is 0.655. The summed E-state index contributed by atoms with van der Waals surface area (Å²) in [7, 11) is 0. The Labute approximate surface area is 64.4 Å². The molecule has 1 fully saturated rings. The van der Waals surface area contributed by atoms with Gasteiger partial charge in [-0.2, -0.15) is 0 Å². The van der Waals surface area contributed by atoms with Gasteiger partial charge in [-0.05, 0) is 24.3 Å². The Morgan fingerprint density at radius 2 is 2.50 bits per heavy atom. The Balaban J connectivity index is 2.01. The van der Waals surface area contributed by atoms with E-state index in [0.29, 0.717) is 6.04 Å². The molecule has 0 aliphatic heterocycles. The van der Waals surface area contributed by atoms with Crippen molar-refractivity contribution in [2.75, 3.05) is 0 Å². The van der Waals surface area contributed by atoms with Gasteiger partial charge in [0.15, 0.2) is 0 Å². The molecule has 1 aliphatic rings. The van der Waals surface area contributed by atoms with Crippen LogP contribution < -0.4 is 0 Å². The molecule has 1 aliphatic carbocycles. The van der Waals surface area contributed by atoms with E-state index in [2.05, 4.69) is 22.5 Å². The Hall–Kier alpha value is -0.630. The van der Waals surface area contributed by atoms with Gasteiger partial charge in [0.2, 0.25) is 0 Å². The molecule has 2 heteroatoms. The lowest BCUT2D eigenvalue weighted by Crippen LogP contribution is -1.76. The summed E-state index contributed by atoms with van der Waals surface area (Å²) >= 11 is 1.74. The van der Waals surface area contributed by atoms with Crippen molar-refractivity contribution in [2.24, 2.45) is 4.99 Å². The zero-order valence-corrected chi connectivity index (χ0v) is 6.47. The summed E-state index contributed by atoms with van der Waals surface area (Å²) in [5, 5.41) is 2.08. The van der Waals surface area contributed by atoms with E-state index in [1.54, 1.807) is 11.3 Å². The molecule has 0 saturated heterocycles. The molecule has 0 spiro atoms. The first-order chi connectivity index (χ1) is 4.95. The van der Waals surface area contributed by atoms with Crippen LogP contribution in [0.2, 0.25) is 0 Å². The molecule has 1 aromatic heterocycles. The molecule has 1 heterocycles. The van der Waals surface area contributed by atoms with Crippen molar-refractivity contribution in [1.82, 2.24) is 0 Å². The first-order valence-electron chi connectivity index (χ1n) is 3.52. The zero-order chi connectivity index (χ0) is 6.81. The number of hydrogen-bond donors (Lipinski definition) is 0. The molecule has 10 heavy (non-hydrogen) atoms. The maximum absolute atomic E-state index is 4.36. The van der Waals surface area contributed by atoms with E-state index in [1.807, 2.05) is 6.21 Å². The molecule has 0 radical (unpaired) electrons. The maximum atomic E-state index is 4.36. The highest BCUT2D eigenvalue weighted by Gasteiger charge is 2.18. The number of thiophene rings is 1. The van der Waals surface area contributed by atoms with Crippen LogP contribution in [0.5, 0.6) is 0 Å². The second-order valence-electron chi connectivity index (χ2n) is 2.52. The van der Waals surface area contributed by atoms with Crippen molar-refractivity contribution >= 4 is 17.6 Å². The third-order valence-electron chi connectivity index (χ3n) is 1.50. The molecule has 2 rings (SSSR count). The second kappa shape index (κ2) is 2.54. The molecule has 1 aromatic rings. The summed E-state index contributed by atoms with van der Waals surface area (Å²) in [6, 6.07) is 4.80. The molecule has 1 nitrogen and oxygen atoms in total. The van der Waals surface area contributed by atoms with E-state index in [4.69, 9.17) is 0 Å². The number of aliphatic imine (C=N–C) groups is 1. The molecule has 0 aromatic carbocycles. The minimum Gasteiger partial charge on any atom is -0.288 e. The Morgan fingerprint density at radius 3 is 3.10 bits per heavy atom. The molecule has 0 amide bonds. The summed E-state index contributed by atoms with van der Waals surface area (Å²) < 4.78 is 0. The predicted molar refractivity (Wildman–Crippen MR) is 44.9 cm³/mol. The molecule has 0 atom stereocenters. The zero-order valence-electron chi connectivity index (χ0n) is 5.66. The van der Waals surface area contributed by atoms with Crippen LogP contribution in [0, 0.1) is 0 Å². The van der Waals surface area contributed by atoms with Gasteiger partial charge in [0.25, 0.3) is 0 Å². The first kappa shape index (κ1) is 6.10. The van der Waals surface area contributed by atoms with E-state index < -0.39 is 0 Å². The molecule has 52 valence electrons. The van der Waals surface area contributed by atoms with Crippen molar-refractivity contribution in [3.05, 3.63) is 22.4 Å². The van der Waals surface area contributed by atoms with Crippen LogP contribution in [0.4, 0.5) is 0 Å². The fraction of sp³-hybridized carbons (Fsp3) is 0.375. The first-order valence-corrected chi connectivity index (χ1v) is 4.40. The fourth-order valence-corrected chi connectivity index (χ4v) is 1.36. The SMILES string of the molecule is C(=NC1CC1)c1cccs1. The normalized spacial score (nSPS) is 18.4. The topological polar surface area (TPSA) is 12.4 Å². The predicted octanol–water partition coefficient (Wildman–Crippen LogP) is 2.33. The van der Waals surface area contributed by atoms with Crippen molar-refractivity contribution in [3.63, 3.8) is 0 Å². The smallest absolute Gasteiger partial charge is 0.0501 e. The van der Waals surface area contributed by atoms with Crippen molar-refractivity contribution in [3.8, 4) is 0 Å². The van der Waals surface area contributed by atoms with E-state index in [1.165, 1.54) is 17.7 Å². The molecular weight excluding hydrogens is 142 g/mol. The number of hydrogen-bond acceptors (Lipinski definition) is 2. The average Bonchev–Trinajstić information content (AvgIpc) is 2.63. The highest BCUT2D eigenvalue weighted by Crippen LogP contribution is 2.23. The summed E-state index contributed by atoms with van der Waals surface area (Å²) in [6.45, 7) is 0. The Morgan fingerprint density at radius 1 is 1.60 bits per heavy atom. The standard InChI is InChI=1S/C8H9NS/c1-2-8(10-5-1)6-9-7-3-4-7/h1-2,5-7H,3-4H2. The highest BCUT2D eigenvalue weighted by molar-refractivity contribution is 7.11. The van der Waals surface area contributed by atoms with E-state index in [0.717, 1.165) is 0 Å². The van der Waals surface area contributed by atoms with Gasteiger partial charge >= 0.3 is 0 Å². The van der Waals surface area contributed by atoms with Gasteiger partial charge in [-0.15, -0.1) is 11.3 Å². The lowest BCUT2D eigenvalue weighted by atomic mass is 10.5. The van der Waals surface area contributed by atoms with E-state index in [-0.39, 0.29) is 0 Å². The van der Waals surface area contributed by atoms with Crippen LogP contribution in [0.25, 0.3) is 0 Å². The third-order valence-corrected chi connectivity index (χ3v) is 2.31. The lowest BCUT2D eigenvalue weighted by Gasteiger charge is -1.81. The van der Waals surface area contributed by atoms with Gasteiger partial charge in [0, 0.05) is 11.1 Å². The Kier molecular flexibility index (Phi) is 1.55. The molecular formula is C8H9NS. The van der Waals surface area contributed by atoms with Gasteiger partial charge in [0.05, 0.1) is 6.04 Å². The number of nitrogens with zero attached hydrogens (tertiary/aromatic N) is 1. The van der Waals surface area contributed by atoms with Crippen LogP contribution in [-0.4, -0.2) is 12.3 Å². The van der Waals surface area contributed by atoms with Gasteiger partial charge in [-0.1, -0.05) is 6.07 Å². The van der Waals surface area contributed by atoms with E-state index in [9.17, 15) is 0 Å². The number of rotatable bonds is 2. The maximum Gasteiger partial charge on any atom is 0.0501 e. The quantitative estimate of drug-likeness (QED) is 0.575. The lowest BCUT2D eigenvalue weighted by molar-refractivity contribution is 1.08. The summed E-state index contributed by atoms with van der Waals surface area (Å²) in [5.74, 6) is 0. The van der Waals surface area contributed by atoms with Gasteiger partial charge in [0.1, 0.15) is 0 Å². The van der Waals surface area contributed by atoms with Crippen LogP contribution in [0.3, 0.4) is 0 Å². The summed E-state index contributed by atoms with van der Waals surface area (Å²) in [4.78, 5) is 5.63. The Bertz CT molecular complexity index is 221.